The van der Waals surface area contributed by atoms with Gasteiger partial charge in [0.2, 0.25) is 5.91 Å². The molecule has 0 radical (unpaired) electrons. The van der Waals surface area contributed by atoms with Crippen molar-refractivity contribution in [1.29, 1.82) is 0 Å². The fourth-order valence-corrected chi connectivity index (χ4v) is 4.12. The highest BCUT2D eigenvalue weighted by molar-refractivity contribution is 5.91. The first-order valence-corrected chi connectivity index (χ1v) is 9.79. The quantitative estimate of drug-likeness (QED) is 0.549. The number of pyridine rings is 1. The second kappa shape index (κ2) is 7.09. The van der Waals surface area contributed by atoms with Crippen molar-refractivity contribution < 1.29 is 4.79 Å². The summed E-state index contributed by atoms with van der Waals surface area (Å²) in [6.45, 7) is 1.26. The molecular weight excluding hydrogens is 366 g/mol. The number of likely N-dealkylation sites (tertiary alicyclic amines) is 1. The molecule has 146 valence electrons. The summed E-state index contributed by atoms with van der Waals surface area (Å²) in [5, 5.41) is 0. The van der Waals surface area contributed by atoms with E-state index in [9.17, 15) is 9.59 Å². The van der Waals surface area contributed by atoms with E-state index in [2.05, 4.69) is 9.97 Å². The maximum atomic E-state index is 12.6. The molecule has 1 N–H and O–H groups in total. The summed E-state index contributed by atoms with van der Waals surface area (Å²) in [4.78, 5) is 34.1. The molecule has 4 heterocycles. The zero-order valence-corrected chi connectivity index (χ0v) is 15.9. The zero-order chi connectivity index (χ0) is 19.8. The van der Waals surface area contributed by atoms with Crippen molar-refractivity contribution in [1.82, 2.24) is 23.8 Å². The van der Waals surface area contributed by atoms with Crippen LogP contribution in [0.3, 0.4) is 0 Å². The predicted molar refractivity (Wildman–Crippen MR) is 112 cm³/mol. The standard InChI is InChI=1S/C22H21N5O2/c28-21(9-8-17-15-23-20-7-3-4-12-26(17)20)25-13-10-16(11-14-25)27-19-6-2-1-5-18(19)24-22(27)29/h1-9,12,15-16H,10-11,13-14H2,(H,24,29)/b9-8+. The van der Waals surface area contributed by atoms with Crippen LogP contribution in [0.5, 0.6) is 0 Å². The van der Waals surface area contributed by atoms with Crippen LogP contribution >= 0.6 is 0 Å². The molecule has 0 spiro atoms. The van der Waals surface area contributed by atoms with Crippen LogP contribution in [0.1, 0.15) is 24.6 Å². The van der Waals surface area contributed by atoms with E-state index in [-0.39, 0.29) is 17.6 Å². The van der Waals surface area contributed by atoms with Gasteiger partial charge < -0.3 is 14.3 Å². The van der Waals surface area contributed by atoms with Gasteiger partial charge in [0.1, 0.15) is 5.65 Å². The van der Waals surface area contributed by atoms with Crippen LogP contribution in [0.4, 0.5) is 0 Å². The lowest BCUT2D eigenvalue weighted by molar-refractivity contribution is -0.127. The number of aromatic amines is 1. The van der Waals surface area contributed by atoms with Crippen molar-refractivity contribution in [3.05, 3.63) is 77.1 Å². The van der Waals surface area contributed by atoms with Crippen LogP contribution in [0, 0.1) is 0 Å². The lowest BCUT2D eigenvalue weighted by Gasteiger charge is -2.32. The summed E-state index contributed by atoms with van der Waals surface area (Å²) in [5.41, 5.74) is 3.42. The number of rotatable bonds is 3. The number of benzene rings is 1. The highest BCUT2D eigenvalue weighted by Crippen LogP contribution is 2.25. The molecule has 0 bridgehead atoms. The second-order valence-corrected chi connectivity index (χ2v) is 7.32. The van der Waals surface area contributed by atoms with Gasteiger partial charge in [0.15, 0.2) is 0 Å². The van der Waals surface area contributed by atoms with E-state index in [0.717, 1.165) is 35.2 Å². The molecule has 1 aliphatic heterocycles. The minimum Gasteiger partial charge on any atom is -0.339 e. The highest BCUT2D eigenvalue weighted by atomic mass is 16.2. The van der Waals surface area contributed by atoms with Crippen LogP contribution in [0.25, 0.3) is 22.8 Å². The zero-order valence-electron chi connectivity index (χ0n) is 15.9. The summed E-state index contributed by atoms with van der Waals surface area (Å²) in [6.07, 6.45) is 8.62. The number of carbonyl (C=O) groups is 1. The first kappa shape index (κ1) is 17.5. The summed E-state index contributed by atoms with van der Waals surface area (Å²) in [5.74, 6) is -0.0133. The highest BCUT2D eigenvalue weighted by Gasteiger charge is 2.25. The van der Waals surface area contributed by atoms with Crippen molar-refractivity contribution in [2.45, 2.75) is 18.9 Å². The summed E-state index contributed by atoms with van der Waals surface area (Å²) >= 11 is 0. The third-order valence-electron chi connectivity index (χ3n) is 5.61. The molecule has 0 aliphatic carbocycles. The first-order chi connectivity index (χ1) is 14.2. The van der Waals surface area contributed by atoms with E-state index >= 15 is 0 Å². The Morgan fingerprint density at radius 2 is 1.90 bits per heavy atom. The monoisotopic (exact) mass is 387 g/mol. The topological polar surface area (TPSA) is 75.4 Å². The Bertz CT molecular complexity index is 1270. The van der Waals surface area contributed by atoms with Gasteiger partial charge in [-0.1, -0.05) is 18.2 Å². The number of carbonyl (C=O) groups excluding carboxylic acids is 1. The van der Waals surface area contributed by atoms with Gasteiger partial charge in [-0.3, -0.25) is 9.36 Å². The number of fused-ring (bicyclic) bond motifs is 2. The molecule has 0 saturated carbocycles. The number of hydrogen-bond acceptors (Lipinski definition) is 3. The van der Waals surface area contributed by atoms with Gasteiger partial charge in [-0.15, -0.1) is 0 Å². The van der Waals surface area contributed by atoms with Crippen LogP contribution < -0.4 is 5.69 Å². The molecule has 7 nitrogen and oxygen atoms in total. The third kappa shape index (κ3) is 3.14. The lowest BCUT2D eigenvalue weighted by Crippen LogP contribution is -2.39. The van der Waals surface area contributed by atoms with Crippen molar-refractivity contribution in [3.63, 3.8) is 0 Å². The van der Waals surface area contributed by atoms with Crippen molar-refractivity contribution in [2.24, 2.45) is 0 Å². The number of piperidine rings is 1. The number of H-pyrrole nitrogens is 1. The Hall–Kier alpha value is -3.61. The molecule has 1 aromatic carbocycles. The van der Waals surface area contributed by atoms with E-state index in [0.29, 0.717) is 13.1 Å². The van der Waals surface area contributed by atoms with Gasteiger partial charge in [-0.25, -0.2) is 9.78 Å². The molecule has 0 unspecified atom stereocenters. The summed E-state index contributed by atoms with van der Waals surface area (Å²) < 4.78 is 3.78. The molecule has 4 aromatic rings. The number of imidazole rings is 2. The van der Waals surface area contributed by atoms with Gasteiger partial charge in [0.05, 0.1) is 22.9 Å². The van der Waals surface area contributed by atoms with E-state index in [1.807, 2.05) is 62.5 Å². The van der Waals surface area contributed by atoms with Gasteiger partial charge in [-0.05, 0) is 43.2 Å². The maximum absolute atomic E-state index is 12.6. The van der Waals surface area contributed by atoms with Crippen LogP contribution in [0.2, 0.25) is 0 Å². The van der Waals surface area contributed by atoms with Gasteiger partial charge in [0.25, 0.3) is 0 Å². The normalized spacial score (nSPS) is 15.7. The van der Waals surface area contributed by atoms with Crippen molar-refractivity contribution in [2.75, 3.05) is 13.1 Å². The molecule has 5 rings (SSSR count). The molecule has 1 amide bonds. The second-order valence-electron chi connectivity index (χ2n) is 7.32. The van der Waals surface area contributed by atoms with E-state index in [4.69, 9.17) is 0 Å². The molecule has 0 atom stereocenters. The maximum Gasteiger partial charge on any atom is 0.326 e. The summed E-state index contributed by atoms with van der Waals surface area (Å²) in [7, 11) is 0. The van der Waals surface area contributed by atoms with Crippen LogP contribution in [0.15, 0.2) is 65.7 Å². The number of hydrogen-bond donors (Lipinski definition) is 1. The molecule has 1 saturated heterocycles. The predicted octanol–water partition coefficient (Wildman–Crippen LogP) is 2.85. The fraction of sp³-hybridized carbons (Fsp3) is 0.227. The first-order valence-electron chi connectivity index (χ1n) is 9.79. The molecular formula is C22H21N5O2. The smallest absolute Gasteiger partial charge is 0.326 e. The summed E-state index contributed by atoms with van der Waals surface area (Å²) in [6, 6.07) is 13.6. The lowest BCUT2D eigenvalue weighted by atomic mass is 10.0. The van der Waals surface area contributed by atoms with Crippen LogP contribution in [-0.4, -0.2) is 42.8 Å². The third-order valence-corrected chi connectivity index (χ3v) is 5.61. The molecule has 3 aromatic heterocycles. The van der Waals surface area contributed by atoms with E-state index in [1.165, 1.54) is 0 Å². The number of nitrogens with one attached hydrogen (secondary N) is 1. The SMILES string of the molecule is O=C(/C=C/c1cnc2ccccn12)N1CCC(n2c(=O)[nH]c3ccccc32)CC1. The van der Waals surface area contributed by atoms with Crippen molar-refractivity contribution >= 4 is 28.7 Å². The average Bonchev–Trinajstić information content (AvgIpc) is 3.32. The molecule has 7 heteroatoms. The molecule has 29 heavy (non-hydrogen) atoms. The van der Waals surface area contributed by atoms with Gasteiger partial charge >= 0.3 is 5.69 Å². The number of nitrogens with zero attached hydrogens (tertiary/aromatic N) is 4. The molecule has 1 fully saturated rings. The largest absolute Gasteiger partial charge is 0.339 e. The van der Waals surface area contributed by atoms with Gasteiger partial charge in [-0.2, -0.15) is 0 Å². The van der Waals surface area contributed by atoms with Crippen molar-refractivity contribution in [3.8, 4) is 0 Å². The Morgan fingerprint density at radius 3 is 2.76 bits per heavy atom. The Morgan fingerprint density at radius 1 is 1.10 bits per heavy atom. The van der Waals surface area contributed by atoms with E-state index in [1.54, 1.807) is 18.3 Å². The minimum atomic E-state index is -0.0801. The number of aromatic nitrogens is 4. The van der Waals surface area contributed by atoms with Gasteiger partial charge in [0, 0.05) is 31.4 Å². The Kier molecular flexibility index (Phi) is 4.27. The molecule has 1 aliphatic rings. The average molecular weight is 387 g/mol. The number of para-hydroxylation sites is 2. The Labute approximate surface area is 166 Å². The number of amides is 1. The fourth-order valence-electron chi connectivity index (χ4n) is 4.12. The minimum absolute atomic E-state index is 0.0133. The van der Waals surface area contributed by atoms with E-state index < -0.39 is 0 Å². The van der Waals surface area contributed by atoms with Crippen LogP contribution in [-0.2, 0) is 4.79 Å². The Balaban J connectivity index is 1.28.